The minimum Gasteiger partial charge on any atom is -0.496 e. The van der Waals surface area contributed by atoms with E-state index in [1.165, 1.54) is 11.8 Å². The molecular weight excluding hydrogens is 508 g/mol. The van der Waals surface area contributed by atoms with Crippen molar-refractivity contribution in [1.29, 1.82) is 0 Å². The van der Waals surface area contributed by atoms with Crippen LogP contribution < -0.4 is 14.8 Å². The van der Waals surface area contributed by atoms with Crippen LogP contribution in [0.25, 0.3) is 6.08 Å². The number of methoxy groups -OCH3 is 2. The lowest BCUT2D eigenvalue weighted by Crippen LogP contribution is -2.19. The third kappa shape index (κ3) is 4.45. The number of thioether (sulfide) groups is 1. The van der Waals surface area contributed by atoms with E-state index in [-0.39, 0.29) is 5.91 Å². The first kappa shape index (κ1) is 21.0. The van der Waals surface area contributed by atoms with Gasteiger partial charge in [-0.1, -0.05) is 15.9 Å². The van der Waals surface area contributed by atoms with Gasteiger partial charge in [0.2, 0.25) is 0 Å². The van der Waals surface area contributed by atoms with E-state index in [1.54, 1.807) is 26.4 Å². The number of rotatable bonds is 4. The number of amides is 1. The van der Waals surface area contributed by atoms with Crippen LogP contribution in [0.2, 0.25) is 0 Å². The molecule has 1 aliphatic heterocycles. The number of nitrogens with one attached hydrogen (secondary N) is 1. The second-order valence-electron chi connectivity index (χ2n) is 6.10. The Labute approximate surface area is 184 Å². The lowest BCUT2D eigenvalue weighted by atomic mass is 10.1. The number of nitrogens with zero attached hydrogens (tertiary/aromatic N) is 1. The fraction of sp³-hybridized carbons (Fsp3) is 0.200. The number of ether oxygens (including phenoxy) is 2. The molecule has 0 spiro atoms. The molecule has 8 heteroatoms. The number of hydrogen-bond donors (Lipinski definition) is 1. The summed E-state index contributed by atoms with van der Waals surface area (Å²) in [5.41, 5.74) is 3.76. The molecule has 0 saturated carbocycles. The maximum absolute atomic E-state index is 12.4. The normalized spacial score (nSPS) is 16.6. The van der Waals surface area contributed by atoms with Crippen molar-refractivity contribution in [3.8, 4) is 11.5 Å². The highest BCUT2D eigenvalue weighted by Gasteiger charge is 2.24. The zero-order chi connectivity index (χ0) is 20.4. The summed E-state index contributed by atoms with van der Waals surface area (Å²) < 4.78 is 12.6. The van der Waals surface area contributed by atoms with Crippen molar-refractivity contribution in [1.82, 2.24) is 5.32 Å². The zero-order valence-corrected chi connectivity index (χ0v) is 19.7. The van der Waals surface area contributed by atoms with Crippen LogP contribution in [0.5, 0.6) is 11.5 Å². The zero-order valence-electron chi connectivity index (χ0n) is 15.7. The van der Waals surface area contributed by atoms with Gasteiger partial charge in [0.1, 0.15) is 11.5 Å². The molecule has 3 rings (SSSR count). The number of amidine groups is 1. The summed E-state index contributed by atoms with van der Waals surface area (Å²) in [6.45, 7) is 4.03. The number of benzene rings is 2. The Morgan fingerprint density at radius 2 is 1.68 bits per heavy atom. The summed E-state index contributed by atoms with van der Waals surface area (Å²) in [6, 6.07) is 7.58. The van der Waals surface area contributed by atoms with Gasteiger partial charge >= 0.3 is 0 Å². The Kier molecular flexibility index (Phi) is 6.52. The Morgan fingerprint density at radius 3 is 2.29 bits per heavy atom. The number of carbonyl (C=O) groups is 1. The van der Waals surface area contributed by atoms with Crippen LogP contribution in [-0.2, 0) is 4.79 Å². The van der Waals surface area contributed by atoms with Crippen LogP contribution in [0.1, 0.15) is 16.7 Å². The first-order valence-electron chi connectivity index (χ1n) is 8.30. The Morgan fingerprint density at radius 1 is 1.04 bits per heavy atom. The maximum atomic E-state index is 12.4. The molecule has 0 bridgehead atoms. The van der Waals surface area contributed by atoms with Gasteiger partial charge < -0.3 is 14.8 Å². The maximum Gasteiger partial charge on any atom is 0.264 e. The molecule has 28 heavy (non-hydrogen) atoms. The summed E-state index contributed by atoms with van der Waals surface area (Å²) in [7, 11) is 3.17. The molecule has 1 aliphatic rings. The molecule has 0 aliphatic carbocycles. The SMILES string of the molecule is COc1cc(OC)c(/C=C2\SC(=Nc3cc(C)c(Br)c(C)c3)NC2=O)cc1Br. The van der Waals surface area contributed by atoms with Crippen LogP contribution in [0.15, 0.2) is 43.1 Å². The van der Waals surface area contributed by atoms with Gasteiger partial charge in [-0.25, -0.2) is 4.99 Å². The third-order valence-electron chi connectivity index (χ3n) is 4.09. The number of carbonyl (C=O) groups excluding carboxylic acids is 1. The summed E-state index contributed by atoms with van der Waals surface area (Å²) in [5, 5.41) is 3.36. The smallest absolute Gasteiger partial charge is 0.264 e. The summed E-state index contributed by atoms with van der Waals surface area (Å²) >= 11 is 8.32. The summed E-state index contributed by atoms with van der Waals surface area (Å²) in [6.07, 6.45) is 1.78. The number of hydrogen-bond acceptors (Lipinski definition) is 5. The highest BCUT2D eigenvalue weighted by Crippen LogP contribution is 2.36. The average molecular weight is 526 g/mol. The predicted octanol–water partition coefficient (Wildman–Crippen LogP) is 5.74. The standard InChI is InChI=1S/C20H18Br2N2O3S/c1-10-5-13(6-11(2)18(10)22)23-20-24-19(25)17(28-20)8-12-7-14(21)16(27-4)9-15(12)26-3/h5-9H,1-4H3,(H,23,24,25)/b17-8-. The monoisotopic (exact) mass is 524 g/mol. The van der Waals surface area contributed by atoms with Crippen molar-refractivity contribution in [2.75, 3.05) is 14.2 Å². The van der Waals surface area contributed by atoms with E-state index in [2.05, 4.69) is 42.2 Å². The molecule has 146 valence electrons. The van der Waals surface area contributed by atoms with E-state index in [0.717, 1.165) is 31.3 Å². The third-order valence-corrected chi connectivity index (χ3v) is 6.87. The van der Waals surface area contributed by atoms with Crippen molar-refractivity contribution in [2.45, 2.75) is 13.8 Å². The molecule has 0 aromatic heterocycles. The molecule has 5 nitrogen and oxygen atoms in total. The molecule has 1 fully saturated rings. The topological polar surface area (TPSA) is 59.9 Å². The molecular formula is C20H18Br2N2O3S. The van der Waals surface area contributed by atoms with Crippen molar-refractivity contribution >= 4 is 66.5 Å². The van der Waals surface area contributed by atoms with E-state index in [1.807, 2.05) is 32.0 Å². The molecule has 1 heterocycles. The van der Waals surface area contributed by atoms with Crippen LogP contribution in [-0.4, -0.2) is 25.3 Å². The number of aliphatic imine (C=N–C) groups is 1. The molecule has 2 aromatic carbocycles. The van der Waals surface area contributed by atoms with Crippen molar-refractivity contribution < 1.29 is 14.3 Å². The lowest BCUT2D eigenvalue weighted by molar-refractivity contribution is -0.115. The second-order valence-corrected chi connectivity index (χ2v) is 8.78. The molecule has 0 atom stereocenters. The van der Waals surface area contributed by atoms with Gasteiger partial charge in [0.25, 0.3) is 5.91 Å². The average Bonchev–Trinajstić information content (AvgIpc) is 2.98. The van der Waals surface area contributed by atoms with Gasteiger partial charge in [0, 0.05) is 16.1 Å². The molecule has 0 radical (unpaired) electrons. The first-order valence-corrected chi connectivity index (χ1v) is 10.7. The fourth-order valence-electron chi connectivity index (χ4n) is 2.72. The minimum absolute atomic E-state index is 0.191. The summed E-state index contributed by atoms with van der Waals surface area (Å²) in [4.78, 5) is 17.5. The van der Waals surface area contributed by atoms with Crippen molar-refractivity contribution in [2.24, 2.45) is 4.99 Å². The molecule has 2 aromatic rings. The van der Waals surface area contributed by atoms with Crippen LogP contribution in [0.4, 0.5) is 5.69 Å². The van der Waals surface area contributed by atoms with E-state index in [0.29, 0.717) is 21.6 Å². The van der Waals surface area contributed by atoms with Crippen LogP contribution >= 0.6 is 43.6 Å². The van der Waals surface area contributed by atoms with Gasteiger partial charge in [0.15, 0.2) is 5.17 Å². The van der Waals surface area contributed by atoms with Crippen molar-refractivity contribution in [3.05, 3.63) is 54.8 Å². The lowest BCUT2D eigenvalue weighted by Gasteiger charge is -2.10. The van der Waals surface area contributed by atoms with Gasteiger partial charge in [-0.3, -0.25) is 4.79 Å². The number of aryl methyl sites for hydroxylation is 2. The second kappa shape index (κ2) is 8.71. The minimum atomic E-state index is -0.191. The van der Waals surface area contributed by atoms with Gasteiger partial charge in [-0.15, -0.1) is 0 Å². The van der Waals surface area contributed by atoms with Crippen molar-refractivity contribution in [3.63, 3.8) is 0 Å². The highest BCUT2D eigenvalue weighted by atomic mass is 79.9. The summed E-state index contributed by atoms with van der Waals surface area (Å²) in [5.74, 6) is 1.08. The van der Waals surface area contributed by atoms with Crippen LogP contribution in [0.3, 0.4) is 0 Å². The van der Waals surface area contributed by atoms with E-state index >= 15 is 0 Å². The van der Waals surface area contributed by atoms with E-state index in [9.17, 15) is 4.79 Å². The Bertz CT molecular complexity index is 996. The fourth-order valence-corrected chi connectivity index (χ4v) is 4.31. The molecule has 1 amide bonds. The van der Waals surface area contributed by atoms with E-state index in [4.69, 9.17) is 9.47 Å². The van der Waals surface area contributed by atoms with Gasteiger partial charge in [-0.2, -0.15) is 0 Å². The number of halogens is 2. The molecule has 1 N–H and O–H groups in total. The van der Waals surface area contributed by atoms with Gasteiger partial charge in [-0.05, 0) is 76.9 Å². The van der Waals surface area contributed by atoms with Gasteiger partial charge in [0.05, 0.1) is 29.3 Å². The predicted molar refractivity (Wildman–Crippen MR) is 122 cm³/mol. The first-order chi connectivity index (χ1) is 13.3. The quantitative estimate of drug-likeness (QED) is 0.517. The Hall–Kier alpha value is -1.77. The van der Waals surface area contributed by atoms with E-state index < -0.39 is 0 Å². The Balaban J connectivity index is 1.92. The molecule has 0 unspecified atom stereocenters. The largest absolute Gasteiger partial charge is 0.496 e. The highest BCUT2D eigenvalue weighted by molar-refractivity contribution is 9.10. The molecule has 1 saturated heterocycles. The van der Waals surface area contributed by atoms with Crippen LogP contribution in [0, 0.1) is 13.8 Å².